The van der Waals surface area contributed by atoms with Crippen LogP contribution in [0.2, 0.25) is 0 Å². The summed E-state index contributed by atoms with van der Waals surface area (Å²) in [4.78, 5) is 16.1. The zero-order chi connectivity index (χ0) is 16.5. The van der Waals surface area contributed by atoms with Crippen molar-refractivity contribution in [2.24, 2.45) is 0 Å². The Morgan fingerprint density at radius 1 is 1.26 bits per heavy atom. The van der Waals surface area contributed by atoms with Crippen molar-refractivity contribution in [1.82, 2.24) is 15.1 Å². The van der Waals surface area contributed by atoms with Crippen LogP contribution in [0.25, 0.3) is 0 Å². The molecule has 0 radical (unpaired) electrons. The number of rotatable bonds is 7. The van der Waals surface area contributed by atoms with E-state index in [9.17, 15) is 9.18 Å². The largest absolute Gasteiger partial charge is 0.385 e. The van der Waals surface area contributed by atoms with E-state index in [1.807, 2.05) is 17.0 Å². The number of halogens is 1. The summed E-state index contributed by atoms with van der Waals surface area (Å²) in [5.74, 6) is -0.137. The van der Waals surface area contributed by atoms with Crippen LogP contribution in [0.1, 0.15) is 12.0 Å². The lowest BCUT2D eigenvalue weighted by atomic mass is 10.1. The lowest BCUT2D eigenvalue weighted by molar-refractivity contribution is 0.138. The maximum atomic E-state index is 13.6. The van der Waals surface area contributed by atoms with Crippen LogP contribution in [-0.2, 0) is 11.2 Å². The highest BCUT2D eigenvalue weighted by molar-refractivity contribution is 5.74. The molecular formula is C17H26FN3O2. The molecule has 0 saturated carbocycles. The van der Waals surface area contributed by atoms with E-state index in [4.69, 9.17) is 4.74 Å². The minimum atomic E-state index is -0.137. The summed E-state index contributed by atoms with van der Waals surface area (Å²) in [6.07, 6.45) is 1.53. The molecule has 1 aliphatic rings. The van der Waals surface area contributed by atoms with Crippen molar-refractivity contribution in [2.45, 2.75) is 12.8 Å². The average molecular weight is 323 g/mol. The van der Waals surface area contributed by atoms with E-state index < -0.39 is 0 Å². The number of ether oxygens (including phenoxy) is 1. The minimum absolute atomic E-state index is 0.00476. The number of urea groups is 1. The first-order valence-corrected chi connectivity index (χ1v) is 8.18. The second-order valence-corrected chi connectivity index (χ2v) is 5.75. The van der Waals surface area contributed by atoms with E-state index in [0.717, 1.165) is 31.6 Å². The fourth-order valence-electron chi connectivity index (χ4n) is 2.68. The van der Waals surface area contributed by atoms with E-state index in [0.29, 0.717) is 32.7 Å². The molecule has 1 heterocycles. The number of nitrogens with zero attached hydrogens (tertiary/aromatic N) is 2. The van der Waals surface area contributed by atoms with Crippen molar-refractivity contribution in [3.8, 4) is 0 Å². The Hall–Kier alpha value is -1.66. The first-order valence-electron chi connectivity index (χ1n) is 8.18. The van der Waals surface area contributed by atoms with Crippen molar-refractivity contribution >= 4 is 6.03 Å². The molecule has 128 valence electrons. The molecule has 5 nitrogen and oxygen atoms in total. The SMILES string of the molecule is COCCCNC(=O)N1CCN(CCc2ccccc2F)CC1. The van der Waals surface area contributed by atoms with Crippen LogP contribution in [0.4, 0.5) is 9.18 Å². The molecule has 1 aliphatic heterocycles. The van der Waals surface area contributed by atoms with Crippen LogP contribution in [0.3, 0.4) is 0 Å². The van der Waals surface area contributed by atoms with Gasteiger partial charge in [0.15, 0.2) is 0 Å². The van der Waals surface area contributed by atoms with E-state index in [-0.39, 0.29) is 11.8 Å². The molecule has 0 unspecified atom stereocenters. The van der Waals surface area contributed by atoms with Gasteiger partial charge in [-0.1, -0.05) is 18.2 Å². The topological polar surface area (TPSA) is 44.8 Å². The normalized spacial score (nSPS) is 15.7. The Labute approximate surface area is 137 Å². The monoisotopic (exact) mass is 323 g/mol. The summed E-state index contributed by atoms with van der Waals surface area (Å²) >= 11 is 0. The second-order valence-electron chi connectivity index (χ2n) is 5.75. The van der Waals surface area contributed by atoms with Gasteiger partial charge < -0.3 is 15.0 Å². The van der Waals surface area contributed by atoms with Gasteiger partial charge in [0.1, 0.15) is 5.82 Å². The highest BCUT2D eigenvalue weighted by atomic mass is 19.1. The van der Waals surface area contributed by atoms with Gasteiger partial charge in [-0.15, -0.1) is 0 Å². The van der Waals surface area contributed by atoms with E-state index in [1.54, 1.807) is 13.2 Å². The Balaban J connectivity index is 1.65. The molecule has 6 heteroatoms. The third kappa shape index (κ3) is 5.80. The summed E-state index contributed by atoms with van der Waals surface area (Å²) in [6, 6.07) is 6.91. The van der Waals surface area contributed by atoms with Gasteiger partial charge >= 0.3 is 6.03 Å². The standard InChI is InChI=1S/C17H26FN3O2/c1-23-14-4-8-19-17(22)21-12-10-20(11-13-21)9-7-15-5-2-3-6-16(15)18/h2-3,5-6H,4,7-14H2,1H3,(H,19,22). The fourth-order valence-corrected chi connectivity index (χ4v) is 2.68. The van der Waals surface area contributed by atoms with Crippen molar-refractivity contribution in [3.05, 3.63) is 35.6 Å². The molecule has 0 spiro atoms. The number of amides is 2. The second kappa shape index (κ2) is 9.47. The van der Waals surface area contributed by atoms with Gasteiger partial charge in [-0.3, -0.25) is 4.90 Å². The molecule has 2 amide bonds. The van der Waals surface area contributed by atoms with Gasteiger partial charge in [0, 0.05) is 53.0 Å². The summed E-state index contributed by atoms with van der Waals surface area (Å²) in [7, 11) is 1.66. The molecular weight excluding hydrogens is 297 g/mol. The van der Waals surface area contributed by atoms with E-state index >= 15 is 0 Å². The molecule has 1 saturated heterocycles. The molecule has 0 bridgehead atoms. The third-order valence-electron chi connectivity index (χ3n) is 4.12. The summed E-state index contributed by atoms with van der Waals surface area (Å²) in [6.45, 7) is 5.22. The predicted octanol–water partition coefficient (Wildman–Crippen LogP) is 1.73. The van der Waals surface area contributed by atoms with Gasteiger partial charge in [0.25, 0.3) is 0 Å². The summed E-state index contributed by atoms with van der Waals surface area (Å²) < 4.78 is 18.6. The number of benzene rings is 1. The van der Waals surface area contributed by atoms with Crippen molar-refractivity contribution in [3.63, 3.8) is 0 Å². The molecule has 23 heavy (non-hydrogen) atoms. The Morgan fingerprint density at radius 2 is 2.00 bits per heavy atom. The molecule has 2 rings (SSSR count). The lowest BCUT2D eigenvalue weighted by Gasteiger charge is -2.34. The number of piperazine rings is 1. The van der Waals surface area contributed by atoms with Crippen LogP contribution in [0.15, 0.2) is 24.3 Å². The quantitative estimate of drug-likeness (QED) is 0.777. The van der Waals surface area contributed by atoms with Crippen LogP contribution in [-0.4, -0.2) is 68.8 Å². The molecule has 0 atom stereocenters. The van der Waals surface area contributed by atoms with Gasteiger partial charge in [0.2, 0.25) is 0 Å². The van der Waals surface area contributed by atoms with Crippen LogP contribution >= 0.6 is 0 Å². The van der Waals surface area contributed by atoms with Gasteiger partial charge in [-0.05, 0) is 24.5 Å². The lowest BCUT2D eigenvalue weighted by Crippen LogP contribution is -2.52. The minimum Gasteiger partial charge on any atom is -0.385 e. The van der Waals surface area contributed by atoms with Crippen LogP contribution < -0.4 is 5.32 Å². The Kier molecular flexibility index (Phi) is 7.29. The maximum Gasteiger partial charge on any atom is 0.317 e. The van der Waals surface area contributed by atoms with Crippen molar-refractivity contribution < 1.29 is 13.9 Å². The molecule has 1 fully saturated rings. The zero-order valence-electron chi connectivity index (χ0n) is 13.8. The van der Waals surface area contributed by atoms with Gasteiger partial charge in [-0.25, -0.2) is 9.18 Å². The number of carbonyl (C=O) groups excluding carboxylic acids is 1. The number of hydrogen-bond acceptors (Lipinski definition) is 3. The number of methoxy groups -OCH3 is 1. The van der Waals surface area contributed by atoms with Crippen LogP contribution in [0, 0.1) is 5.82 Å². The molecule has 1 aromatic carbocycles. The highest BCUT2D eigenvalue weighted by Gasteiger charge is 2.20. The number of nitrogens with one attached hydrogen (secondary N) is 1. The molecule has 1 aromatic rings. The highest BCUT2D eigenvalue weighted by Crippen LogP contribution is 2.09. The first kappa shape index (κ1) is 17.7. The zero-order valence-corrected chi connectivity index (χ0v) is 13.8. The summed E-state index contributed by atoms with van der Waals surface area (Å²) in [5, 5.41) is 2.91. The number of carbonyl (C=O) groups is 1. The predicted molar refractivity (Wildman–Crippen MR) is 88.0 cm³/mol. The number of hydrogen-bond donors (Lipinski definition) is 1. The maximum absolute atomic E-state index is 13.6. The molecule has 0 aliphatic carbocycles. The van der Waals surface area contributed by atoms with E-state index in [2.05, 4.69) is 10.2 Å². The van der Waals surface area contributed by atoms with Gasteiger partial charge in [-0.2, -0.15) is 0 Å². The Bertz CT molecular complexity index is 490. The van der Waals surface area contributed by atoms with Crippen molar-refractivity contribution in [1.29, 1.82) is 0 Å². The van der Waals surface area contributed by atoms with Crippen LogP contribution in [0.5, 0.6) is 0 Å². The molecule has 0 aromatic heterocycles. The smallest absolute Gasteiger partial charge is 0.317 e. The van der Waals surface area contributed by atoms with Gasteiger partial charge in [0.05, 0.1) is 0 Å². The average Bonchev–Trinajstić information content (AvgIpc) is 2.58. The van der Waals surface area contributed by atoms with Crippen molar-refractivity contribution in [2.75, 3.05) is 53.0 Å². The fraction of sp³-hybridized carbons (Fsp3) is 0.588. The first-order chi connectivity index (χ1) is 11.2. The molecule has 1 N–H and O–H groups in total. The third-order valence-corrected chi connectivity index (χ3v) is 4.12. The van der Waals surface area contributed by atoms with E-state index in [1.165, 1.54) is 6.07 Å². The Morgan fingerprint density at radius 3 is 2.70 bits per heavy atom. The summed E-state index contributed by atoms with van der Waals surface area (Å²) in [5.41, 5.74) is 0.755.